The molecule has 0 saturated carbocycles. The Morgan fingerprint density at radius 1 is 0.276 bits per heavy atom. The summed E-state index contributed by atoms with van der Waals surface area (Å²) in [4.78, 5) is 15.9. The van der Waals surface area contributed by atoms with E-state index in [1.807, 2.05) is 36.4 Å². The lowest BCUT2D eigenvalue weighted by atomic mass is 9.97. The molecule has 5 heteroatoms. The summed E-state index contributed by atoms with van der Waals surface area (Å²) in [6.45, 7) is 4.39. The van der Waals surface area contributed by atoms with Crippen molar-refractivity contribution in [2.24, 2.45) is 0 Å². The topological polar surface area (TPSA) is 43.6 Å². The molecule has 0 spiro atoms. The van der Waals surface area contributed by atoms with Gasteiger partial charge in [-0.05, 0) is 109 Å². The fraction of sp³-hybridized carbons (Fsp3) is 0.0282. The van der Waals surface area contributed by atoms with E-state index in [4.69, 9.17) is 15.0 Å². The summed E-state index contributed by atoms with van der Waals surface area (Å²) in [5, 5.41) is 7.61. The molecule has 0 fully saturated rings. The highest BCUT2D eigenvalue weighted by atomic mass is 28.3. The average molecular weight is 989 g/mol. The van der Waals surface area contributed by atoms with Crippen molar-refractivity contribution in [2.75, 3.05) is 0 Å². The third-order valence-electron chi connectivity index (χ3n) is 15.1. The van der Waals surface area contributed by atoms with E-state index in [2.05, 4.69) is 261 Å². The van der Waals surface area contributed by atoms with Gasteiger partial charge in [0.15, 0.2) is 25.5 Å². The molecule has 0 amide bonds. The standard InChI is InChI=1S/C71H52N4Si/c1-49-23-18-20-37-61(49)54-39-42-63-64-43-40-55(62-38-21-19-24-50(62)2)47-68(64)75(67(63)46-54)56-41-44-65(71-73-69(51-25-8-3-9-26-51)72-70(74-71)52-27-10-4-11-28-52)66(48-56)53-29-22-36-60(45-53)76(57-30-12-5-13-31-57,58-32-14-6-15-33-58)59-34-16-7-17-35-59/h3-48H,1-2H3. The van der Waals surface area contributed by atoms with Crippen molar-refractivity contribution in [3.8, 4) is 73.2 Å². The first-order valence-electron chi connectivity index (χ1n) is 26.0. The highest BCUT2D eigenvalue weighted by molar-refractivity contribution is 7.19. The Morgan fingerprint density at radius 3 is 1.14 bits per heavy atom. The minimum atomic E-state index is -2.94. The molecule has 76 heavy (non-hydrogen) atoms. The van der Waals surface area contributed by atoms with Crippen LogP contribution in [-0.2, 0) is 0 Å². The molecular weight excluding hydrogens is 937 g/mol. The minimum Gasteiger partial charge on any atom is -0.309 e. The summed E-state index contributed by atoms with van der Waals surface area (Å²) in [5.41, 5.74) is 15.4. The number of fused-ring (bicyclic) bond motifs is 3. The van der Waals surface area contributed by atoms with Gasteiger partial charge in [0.1, 0.15) is 0 Å². The van der Waals surface area contributed by atoms with Crippen molar-refractivity contribution in [1.29, 1.82) is 0 Å². The van der Waals surface area contributed by atoms with Crippen molar-refractivity contribution in [1.82, 2.24) is 19.5 Å². The van der Waals surface area contributed by atoms with Gasteiger partial charge in [-0.2, -0.15) is 0 Å². The van der Waals surface area contributed by atoms with Gasteiger partial charge in [-0.1, -0.05) is 249 Å². The summed E-state index contributed by atoms with van der Waals surface area (Å²) in [6.07, 6.45) is 0. The van der Waals surface area contributed by atoms with E-state index in [1.54, 1.807) is 0 Å². The zero-order valence-electron chi connectivity index (χ0n) is 42.3. The summed E-state index contributed by atoms with van der Waals surface area (Å²) in [7, 11) is -2.94. The van der Waals surface area contributed by atoms with Crippen molar-refractivity contribution >= 4 is 50.6 Å². The number of nitrogens with zero attached hydrogens (tertiary/aromatic N) is 4. The van der Waals surface area contributed by atoms with E-state index < -0.39 is 8.07 Å². The number of rotatable bonds is 11. The fourth-order valence-electron chi connectivity index (χ4n) is 11.4. The number of aryl methyl sites for hydroxylation is 2. The Labute approximate surface area is 445 Å². The van der Waals surface area contributed by atoms with Crippen LogP contribution in [0.3, 0.4) is 0 Å². The molecule has 0 radical (unpaired) electrons. The fourth-order valence-corrected chi connectivity index (χ4v) is 16.2. The molecule has 0 unspecified atom stereocenters. The normalized spacial score (nSPS) is 11.6. The molecule has 0 aliphatic heterocycles. The molecule has 2 aromatic heterocycles. The predicted octanol–water partition coefficient (Wildman–Crippen LogP) is 15.0. The first-order chi connectivity index (χ1) is 37.5. The van der Waals surface area contributed by atoms with Crippen LogP contribution < -0.4 is 20.7 Å². The minimum absolute atomic E-state index is 0.600. The Kier molecular flexibility index (Phi) is 12.0. The number of benzene rings is 11. The van der Waals surface area contributed by atoms with Crippen LogP contribution in [0.2, 0.25) is 0 Å². The van der Waals surface area contributed by atoms with Crippen LogP contribution in [-0.4, -0.2) is 27.6 Å². The summed E-state index contributed by atoms with van der Waals surface area (Å²) >= 11 is 0. The van der Waals surface area contributed by atoms with Gasteiger partial charge in [0.2, 0.25) is 0 Å². The molecule has 0 saturated heterocycles. The molecule has 360 valence electrons. The predicted molar refractivity (Wildman–Crippen MR) is 320 cm³/mol. The quantitative estimate of drug-likeness (QED) is 0.0958. The number of hydrogen-bond acceptors (Lipinski definition) is 3. The third-order valence-corrected chi connectivity index (χ3v) is 19.9. The Bertz CT molecular complexity index is 3970. The average Bonchev–Trinajstić information content (AvgIpc) is 3.90. The molecule has 0 bridgehead atoms. The lowest BCUT2D eigenvalue weighted by molar-refractivity contribution is 1.07. The van der Waals surface area contributed by atoms with Gasteiger partial charge >= 0.3 is 0 Å². The van der Waals surface area contributed by atoms with Crippen LogP contribution in [0, 0.1) is 13.8 Å². The summed E-state index contributed by atoms with van der Waals surface area (Å²) < 4.78 is 2.47. The Hall–Kier alpha value is -9.55. The molecule has 13 rings (SSSR count). The van der Waals surface area contributed by atoms with Crippen molar-refractivity contribution in [3.05, 3.63) is 290 Å². The van der Waals surface area contributed by atoms with Crippen LogP contribution in [0.4, 0.5) is 0 Å². The Morgan fingerprint density at radius 2 is 0.671 bits per heavy atom. The second-order valence-corrected chi connectivity index (χ2v) is 23.4. The lowest BCUT2D eigenvalue weighted by Crippen LogP contribution is -2.74. The smallest absolute Gasteiger partial charge is 0.179 e. The van der Waals surface area contributed by atoms with Gasteiger partial charge in [0.25, 0.3) is 0 Å². The van der Waals surface area contributed by atoms with Gasteiger partial charge in [-0.3, -0.25) is 0 Å². The van der Waals surface area contributed by atoms with E-state index in [-0.39, 0.29) is 0 Å². The van der Waals surface area contributed by atoms with E-state index >= 15 is 0 Å². The van der Waals surface area contributed by atoms with E-state index in [0.29, 0.717) is 17.5 Å². The van der Waals surface area contributed by atoms with E-state index in [9.17, 15) is 0 Å². The SMILES string of the molecule is Cc1ccccc1-c1ccc2c3ccc(-c4ccccc4C)cc3n(-c3ccc(-c4nc(-c5ccccc5)nc(-c5ccccc5)n4)c(-c4cccc([Si](c5ccccc5)(c5ccccc5)c5ccccc5)c4)c3)c2c1. The van der Waals surface area contributed by atoms with Gasteiger partial charge in [-0.15, -0.1) is 0 Å². The van der Waals surface area contributed by atoms with Crippen molar-refractivity contribution in [3.63, 3.8) is 0 Å². The summed E-state index contributed by atoms with van der Waals surface area (Å²) in [5.74, 6) is 1.83. The maximum Gasteiger partial charge on any atom is 0.179 e. The van der Waals surface area contributed by atoms with Gasteiger partial charge in [0, 0.05) is 33.2 Å². The molecule has 0 aliphatic rings. The lowest BCUT2D eigenvalue weighted by Gasteiger charge is -2.34. The number of aromatic nitrogens is 4. The molecule has 13 aromatic rings. The van der Waals surface area contributed by atoms with Crippen LogP contribution >= 0.6 is 0 Å². The first kappa shape index (κ1) is 46.2. The van der Waals surface area contributed by atoms with Crippen LogP contribution in [0.5, 0.6) is 0 Å². The third kappa shape index (κ3) is 8.24. The molecular formula is C71H52N4Si. The number of hydrogen-bond donors (Lipinski definition) is 0. The van der Waals surface area contributed by atoms with Gasteiger partial charge < -0.3 is 4.57 Å². The van der Waals surface area contributed by atoms with Gasteiger partial charge in [-0.25, -0.2) is 15.0 Å². The van der Waals surface area contributed by atoms with E-state index in [0.717, 1.165) is 44.5 Å². The van der Waals surface area contributed by atoms with E-state index in [1.165, 1.54) is 64.9 Å². The monoisotopic (exact) mass is 988 g/mol. The second kappa shape index (κ2) is 19.7. The second-order valence-electron chi connectivity index (χ2n) is 19.6. The van der Waals surface area contributed by atoms with Crippen molar-refractivity contribution < 1.29 is 0 Å². The first-order valence-corrected chi connectivity index (χ1v) is 28.0. The zero-order chi connectivity index (χ0) is 51.0. The maximum atomic E-state index is 5.38. The zero-order valence-corrected chi connectivity index (χ0v) is 43.3. The van der Waals surface area contributed by atoms with Crippen LogP contribution in [0.25, 0.3) is 95.0 Å². The highest BCUT2D eigenvalue weighted by Crippen LogP contribution is 2.41. The van der Waals surface area contributed by atoms with Crippen molar-refractivity contribution in [2.45, 2.75) is 13.8 Å². The molecule has 4 nitrogen and oxygen atoms in total. The van der Waals surface area contributed by atoms with Gasteiger partial charge in [0.05, 0.1) is 11.0 Å². The molecule has 0 atom stereocenters. The molecule has 0 N–H and O–H groups in total. The van der Waals surface area contributed by atoms with Crippen LogP contribution in [0.15, 0.2) is 279 Å². The maximum absolute atomic E-state index is 5.38. The summed E-state index contributed by atoms with van der Waals surface area (Å²) in [6, 6.07) is 101. The molecule has 0 aliphatic carbocycles. The Balaban J connectivity index is 1.12. The highest BCUT2D eigenvalue weighted by Gasteiger charge is 2.41. The largest absolute Gasteiger partial charge is 0.309 e. The molecule has 11 aromatic carbocycles. The molecule has 2 heterocycles. The van der Waals surface area contributed by atoms with Crippen LogP contribution in [0.1, 0.15) is 11.1 Å².